The second-order valence-corrected chi connectivity index (χ2v) is 1.85. The summed E-state index contributed by atoms with van der Waals surface area (Å²) >= 11 is 0. The molecule has 0 saturated heterocycles. The van der Waals surface area contributed by atoms with Crippen molar-refractivity contribution in [3.63, 3.8) is 0 Å². The molecule has 0 radical (unpaired) electrons. The number of nitrogens with one attached hydrogen (secondary N) is 1. The second-order valence-electron chi connectivity index (χ2n) is 1.85. The van der Waals surface area contributed by atoms with Crippen molar-refractivity contribution in [3.05, 3.63) is 18.2 Å². The lowest BCUT2D eigenvalue weighted by Crippen LogP contribution is -1.98. The van der Waals surface area contributed by atoms with Crippen molar-refractivity contribution in [2.75, 3.05) is 13.2 Å². The van der Waals surface area contributed by atoms with Crippen molar-refractivity contribution in [1.82, 2.24) is 9.97 Å². The molecule has 0 aliphatic rings. The van der Waals surface area contributed by atoms with E-state index in [1.807, 2.05) is 0 Å². The zero-order valence-electron chi connectivity index (χ0n) is 5.58. The quantitative estimate of drug-likeness (QED) is 0.578. The third-order valence-electron chi connectivity index (χ3n) is 1.05. The highest BCUT2D eigenvalue weighted by molar-refractivity contribution is 4.90. The largest absolute Gasteiger partial charge is 0.394 e. The number of nitrogens with zero attached hydrogens (tertiary/aromatic N) is 1. The van der Waals surface area contributed by atoms with Gasteiger partial charge in [0.15, 0.2) is 0 Å². The SMILES string of the molecule is OCCOCc1cnc[nH]1. The van der Waals surface area contributed by atoms with Crippen molar-refractivity contribution >= 4 is 0 Å². The zero-order valence-corrected chi connectivity index (χ0v) is 5.58. The Morgan fingerprint density at radius 3 is 3.20 bits per heavy atom. The predicted octanol–water partition coefficient (Wildman–Crippen LogP) is -0.0814. The molecule has 0 aromatic carbocycles. The van der Waals surface area contributed by atoms with Crippen molar-refractivity contribution in [2.45, 2.75) is 6.61 Å². The maximum Gasteiger partial charge on any atom is 0.0922 e. The number of aromatic nitrogens is 2. The van der Waals surface area contributed by atoms with Gasteiger partial charge in [0.1, 0.15) is 0 Å². The average Bonchev–Trinajstić information content (AvgIpc) is 2.41. The van der Waals surface area contributed by atoms with Gasteiger partial charge in [0, 0.05) is 0 Å². The van der Waals surface area contributed by atoms with Gasteiger partial charge in [0.2, 0.25) is 0 Å². The summed E-state index contributed by atoms with van der Waals surface area (Å²) in [5.41, 5.74) is 0.924. The molecule has 0 fully saturated rings. The normalized spacial score (nSPS) is 10.1. The molecule has 4 heteroatoms. The van der Waals surface area contributed by atoms with Crippen molar-refractivity contribution in [2.24, 2.45) is 0 Å². The van der Waals surface area contributed by atoms with Gasteiger partial charge >= 0.3 is 0 Å². The zero-order chi connectivity index (χ0) is 7.23. The predicted molar refractivity (Wildman–Crippen MR) is 35.3 cm³/mol. The van der Waals surface area contributed by atoms with Crippen LogP contribution in [-0.2, 0) is 11.3 Å². The molecular weight excluding hydrogens is 132 g/mol. The van der Waals surface area contributed by atoms with Gasteiger partial charge in [-0.3, -0.25) is 0 Å². The molecule has 0 aliphatic heterocycles. The minimum atomic E-state index is 0.0636. The number of aliphatic hydroxyl groups is 1. The summed E-state index contributed by atoms with van der Waals surface area (Å²) in [6.07, 6.45) is 3.29. The number of H-pyrrole nitrogens is 1. The van der Waals surface area contributed by atoms with Gasteiger partial charge in [-0.1, -0.05) is 0 Å². The molecule has 0 atom stereocenters. The standard InChI is InChI=1S/C6H10N2O2/c9-1-2-10-4-6-3-7-5-8-6/h3,5,9H,1-2,4H2,(H,7,8). The van der Waals surface area contributed by atoms with E-state index >= 15 is 0 Å². The van der Waals surface area contributed by atoms with Crippen molar-refractivity contribution < 1.29 is 9.84 Å². The van der Waals surface area contributed by atoms with Crippen LogP contribution in [-0.4, -0.2) is 28.3 Å². The molecule has 2 N–H and O–H groups in total. The van der Waals surface area contributed by atoms with Gasteiger partial charge in [-0.05, 0) is 0 Å². The number of rotatable bonds is 4. The number of aliphatic hydroxyl groups excluding tert-OH is 1. The monoisotopic (exact) mass is 142 g/mol. The molecule has 4 nitrogen and oxygen atoms in total. The fourth-order valence-electron chi connectivity index (χ4n) is 0.610. The van der Waals surface area contributed by atoms with E-state index in [-0.39, 0.29) is 6.61 Å². The number of ether oxygens (including phenoxy) is 1. The summed E-state index contributed by atoms with van der Waals surface area (Å²) in [5, 5.41) is 8.34. The van der Waals surface area contributed by atoms with E-state index < -0.39 is 0 Å². The van der Waals surface area contributed by atoms with Gasteiger partial charge in [-0.15, -0.1) is 0 Å². The van der Waals surface area contributed by atoms with Crippen LogP contribution in [0.25, 0.3) is 0 Å². The minimum Gasteiger partial charge on any atom is -0.394 e. The number of hydrogen-bond acceptors (Lipinski definition) is 3. The van der Waals surface area contributed by atoms with Crippen LogP contribution in [0.4, 0.5) is 0 Å². The van der Waals surface area contributed by atoms with E-state index in [0.717, 1.165) is 5.69 Å². The Balaban J connectivity index is 2.15. The summed E-state index contributed by atoms with van der Waals surface area (Å²) in [4.78, 5) is 6.68. The lowest BCUT2D eigenvalue weighted by atomic mass is 10.5. The van der Waals surface area contributed by atoms with Crippen LogP contribution in [0.2, 0.25) is 0 Å². The Labute approximate surface area is 58.9 Å². The van der Waals surface area contributed by atoms with Gasteiger partial charge in [-0.25, -0.2) is 4.98 Å². The van der Waals surface area contributed by atoms with Gasteiger partial charge in [0.25, 0.3) is 0 Å². The van der Waals surface area contributed by atoms with Crippen LogP contribution in [0.1, 0.15) is 5.69 Å². The van der Waals surface area contributed by atoms with E-state index in [1.54, 1.807) is 12.5 Å². The van der Waals surface area contributed by atoms with E-state index in [2.05, 4.69) is 9.97 Å². The first kappa shape index (κ1) is 7.24. The van der Waals surface area contributed by atoms with Crippen LogP contribution in [0.15, 0.2) is 12.5 Å². The summed E-state index contributed by atoms with van der Waals surface area (Å²) in [6, 6.07) is 0. The summed E-state index contributed by atoms with van der Waals surface area (Å²) in [5.74, 6) is 0. The van der Waals surface area contributed by atoms with Crippen LogP contribution in [0.5, 0.6) is 0 Å². The molecule has 0 aliphatic carbocycles. The van der Waals surface area contributed by atoms with Gasteiger partial charge in [-0.2, -0.15) is 0 Å². The summed E-state index contributed by atoms with van der Waals surface area (Å²) in [6.45, 7) is 0.924. The molecular formula is C6H10N2O2. The van der Waals surface area contributed by atoms with Crippen molar-refractivity contribution in [1.29, 1.82) is 0 Å². The first-order valence-corrected chi connectivity index (χ1v) is 3.09. The van der Waals surface area contributed by atoms with E-state index in [9.17, 15) is 0 Å². The Morgan fingerprint density at radius 2 is 2.60 bits per heavy atom. The fraction of sp³-hybridized carbons (Fsp3) is 0.500. The minimum absolute atomic E-state index is 0.0636. The molecule has 0 amide bonds. The van der Waals surface area contributed by atoms with Crippen molar-refractivity contribution in [3.8, 4) is 0 Å². The molecule has 1 rings (SSSR count). The highest BCUT2D eigenvalue weighted by atomic mass is 16.5. The lowest BCUT2D eigenvalue weighted by Gasteiger charge is -1.97. The van der Waals surface area contributed by atoms with Gasteiger partial charge < -0.3 is 14.8 Å². The maximum atomic E-state index is 8.34. The highest BCUT2D eigenvalue weighted by Crippen LogP contribution is 1.92. The molecule has 56 valence electrons. The number of hydrogen-bond donors (Lipinski definition) is 2. The Hall–Kier alpha value is -0.870. The Bertz CT molecular complexity index is 162. The second kappa shape index (κ2) is 4.03. The van der Waals surface area contributed by atoms with Crippen LogP contribution >= 0.6 is 0 Å². The number of aromatic amines is 1. The van der Waals surface area contributed by atoms with E-state index in [4.69, 9.17) is 9.84 Å². The third kappa shape index (κ3) is 2.16. The number of imidazole rings is 1. The summed E-state index contributed by atoms with van der Waals surface area (Å²) in [7, 11) is 0. The highest BCUT2D eigenvalue weighted by Gasteiger charge is 1.91. The van der Waals surface area contributed by atoms with E-state index in [1.165, 1.54) is 0 Å². The van der Waals surface area contributed by atoms with Crippen LogP contribution in [0.3, 0.4) is 0 Å². The average molecular weight is 142 g/mol. The van der Waals surface area contributed by atoms with Crippen LogP contribution < -0.4 is 0 Å². The Kier molecular flexibility index (Phi) is 2.92. The van der Waals surface area contributed by atoms with Gasteiger partial charge in [0.05, 0.1) is 38.0 Å². The Morgan fingerprint density at radius 1 is 1.70 bits per heavy atom. The topological polar surface area (TPSA) is 58.1 Å². The molecule has 0 spiro atoms. The fourth-order valence-corrected chi connectivity index (χ4v) is 0.610. The maximum absolute atomic E-state index is 8.34. The molecule has 0 unspecified atom stereocenters. The molecule has 0 bridgehead atoms. The molecule has 0 saturated carbocycles. The van der Waals surface area contributed by atoms with E-state index in [0.29, 0.717) is 13.2 Å². The first-order chi connectivity index (χ1) is 4.93. The summed E-state index contributed by atoms with van der Waals surface area (Å²) < 4.78 is 5.01. The lowest BCUT2D eigenvalue weighted by molar-refractivity contribution is 0.0799. The smallest absolute Gasteiger partial charge is 0.0922 e. The van der Waals surface area contributed by atoms with Crippen LogP contribution in [0, 0.1) is 0 Å². The first-order valence-electron chi connectivity index (χ1n) is 3.09. The molecule has 1 heterocycles. The molecule has 1 aromatic rings. The third-order valence-corrected chi connectivity index (χ3v) is 1.05. The molecule has 1 aromatic heterocycles. The molecule has 10 heavy (non-hydrogen) atoms.